The van der Waals surface area contributed by atoms with E-state index in [-0.39, 0.29) is 0 Å². The fourth-order valence-corrected chi connectivity index (χ4v) is 2.67. The molecule has 0 atom stereocenters. The van der Waals surface area contributed by atoms with Crippen LogP contribution in [0.15, 0.2) is 16.9 Å². The molecule has 0 aliphatic carbocycles. The van der Waals surface area contributed by atoms with E-state index in [1.807, 2.05) is 24.4 Å². The van der Waals surface area contributed by atoms with E-state index in [0.29, 0.717) is 4.88 Å². The summed E-state index contributed by atoms with van der Waals surface area (Å²) >= 11 is 1.38. The second-order valence-electron chi connectivity index (χ2n) is 3.74. The van der Waals surface area contributed by atoms with Crippen LogP contribution in [0, 0.1) is 13.8 Å². The van der Waals surface area contributed by atoms with Gasteiger partial charge in [0, 0.05) is 11.9 Å². The summed E-state index contributed by atoms with van der Waals surface area (Å²) in [7, 11) is 0. The average molecular weight is 247 g/mol. The number of aldehydes is 1. The molecule has 0 aliphatic rings. The summed E-state index contributed by atoms with van der Waals surface area (Å²) < 4.78 is 6.93. The van der Waals surface area contributed by atoms with Crippen molar-refractivity contribution in [1.29, 1.82) is 0 Å². The number of rotatable bonds is 2. The third kappa shape index (κ3) is 1.41. The molecule has 0 amide bonds. The minimum Gasteiger partial charge on any atom is -0.361 e. The number of imidazole rings is 1. The molecule has 0 radical (unpaired) electrons. The first kappa shape index (κ1) is 10.2. The molecule has 0 spiro atoms. The van der Waals surface area contributed by atoms with Gasteiger partial charge in [-0.05, 0) is 13.8 Å². The van der Waals surface area contributed by atoms with E-state index >= 15 is 0 Å². The van der Waals surface area contributed by atoms with Crippen molar-refractivity contribution in [2.45, 2.75) is 13.8 Å². The molecule has 0 saturated carbocycles. The molecular formula is C11H9N3O2S. The van der Waals surface area contributed by atoms with Crippen molar-refractivity contribution in [2.75, 3.05) is 0 Å². The number of carbonyl (C=O) groups is 1. The van der Waals surface area contributed by atoms with Gasteiger partial charge in [0.2, 0.25) is 0 Å². The molecule has 0 aliphatic heterocycles. The van der Waals surface area contributed by atoms with Crippen molar-refractivity contribution >= 4 is 22.6 Å². The molecule has 3 rings (SSSR count). The van der Waals surface area contributed by atoms with Gasteiger partial charge in [-0.1, -0.05) is 16.5 Å². The molecule has 0 saturated heterocycles. The highest BCUT2D eigenvalue weighted by Gasteiger charge is 2.14. The minimum atomic E-state index is 0.709. The Morgan fingerprint density at radius 1 is 1.47 bits per heavy atom. The number of carbonyl (C=O) groups excluding carboxylic acids is 1. The van der Waals surface area contributed by atoms with Crippen LogP contribution in [0.3, 0.4) is 0 Å². The van der Waals surface area contributed by atoms with Gasteiger partial charge in [-0.25, -0.2) is 4.98 Å². The largest absolute Gasteiger partial charge is 0.361 e. The molecule has 3 aromatic rings. The van der Waals surface area contributed by atoms with Gasteiger partial charge in [-0.3, -0.25) is 9.20 Å². The van der Waals surface area contributed by atoms with Crippen LogP contribution < -0.4 is 0 Å². The molecule has 0 unspecified atom stereocenters. The lowest BCUT2D eigenvalue weighted by Crippen LogP contribution is -1.84. The third-order valence-corrected chi connectivity index (χ3v) is 3.81. The van der Waals surface area contributed by atoms with Crippen LogP contribution in [-0.2, 0) is 0 Å². The molecule has 0 N–H and O–H groups in total. The lowest BCUT2D eigenvalue weighted by atomic mass is 10.2. The summed E-state index contributed by atoms with van der Waals surface area (Å²) in [5.74, 6) is 0.740. The number of nitrogens with zero attached hydrogens (tertiary/aromatic N) is 3. The van der Waals surface area contributed by atoms with Gasteiger partial charge < -0.3 is 4.52 Å². The summed E-state index contributed by atoms with van der Waals surface area (Å²) in [5.41, 5.74) is 2.61. The van der Waals surface area contributed by atoms with Crippen LogP contribution in [0.5, 0.6) is 0 Å². The average Bonchev–Trinajstić information content (AvgIpc) is 2.95. The maximum Gasteiger partial charge on any atom is 0.195 e. The van der Waals surface area contributed by atoms with Crippen LogP contribution in [0.1, 0.15) is 21.1 Å². The Labute approximate surface area is 101 Å². The Balaban J connectivity index is 2.22. The van der Waals surface area contributed by atoms with Gasteiger partial charge in [0.25, 0.3) is 0 Å². The van der Waals surface area contributed by atoms with Gasteiger partial charge in [0.05, 0.1) is 22.3 Å². The van der Waals surface area contributed by atoms with Gasteiger partial charge in [0.1, 0.15) is 5.76 Å². The standard InChI is InChI=1S/C11H9N3O2S/c1-6-10(5-15)17-11-13-9(4-14(6)11)8-3-12-16-7(8)2/h3-5H,1-2H3. The highest BCUT2D eigenvalue weighted by molar-refractivity contribution is 7.18. The molecule has 17 heavy (non-hydrogen) atoms. The highest BCUT2D eigenvalue weighted by atomic mass is 32.1. The van der Waals surface area contributed by atoms with E-state index < -0.39 is 0 Å². The molecule has 3 heterocycles. The van der Waals surface area contributed by atoms with Gasteiger partial charge in [0.15, 0.2) is 11.2 Å². The van der Waals surface area contributed by atoms with Crippen molar-refractivity contribution in [1.82, 2.24) is 14.5 Å². The SMILES string of the molecule is Cc1oncc1-c1cn2c(C)c(C=O)sc2n1. The molecular weight excluding hydrogens is 238 g/mol. The summed E-state index contributed by atoms with van der Waals surface area (Å²) in [4.78, 5) is 16.8. The van der Waals surface area contributed by atoms with Crippen molar-refractivity contribution in [3.8, 4) is 11.3 Å². The predicted molar refractivity (Wildman–Crippen MR) is 63.4 cm³/mol. The summed E-state index contributed by atoms with van der Waals surface area (Å²) in [6.45, 7) is 3.75. The Bertz CT molecular complexity index is 708. The van der Waals surface area contributed by atoms with Crippen LogP contribution in [0.2, 0.25) is 0 Å². The first-order chi connectivity index (χ1) is 8.20. The Kier molecular flexibility index (Phi) is 2.12. The van der Waals surface area contributed by atoms with E-state index in [0.717, 1.165) is 34.0 Å². The van der Waals surface area contributed by atoms with E-state index in [4.69, 9.17) is 4.52 Å². The molecule has 3 aromatic heterocycles. The minimum absolute atomic E-state index is 0.709. The maximum atomic E-state index is 10.8. The number of fused-ring (bicyclic) bond motifs is 1. The van der Waals surface area contributed by atoms with Crippen LogP contribution in [0.25, 0.3) is 16.2 Å². The lowest BCUT2D eigenvalue weighted by Gasteiger charge is -1.90. The topological polar surface area (TPSA) is 60.4 Å². The number of hydrogen-bond acceptors (Lipinski definition) is 5. The lowest BCUT2D eigenvalue weighted by molar-refractivity contribution is 0.112. The van der Waals surface area contributed by atoms with E-state index in [1.165, 1.54) is 11.3 Å². The Morgan fingerprint density at radius 3 is 2.88 bits per heavy atom. The number of aromatic nitrogens is 3. The maximum absolute atomic E-state index is 10.8. The Hall–Kier alpha value is -1.95. The zero-order valence-electron chi connectivity index (χ0n) is 9.30. The third-order valence-electron chi connectivity index (χ3n) is 2.73. The smallest absolute Gasteiger partial charge is 0.195 e. The number of hydrogen-bond donors (Lipinski definition) is 0. The first-order valence-corrected chi connectivity index (χ1v) is 5.87. The first-order valence-electron chi connectivity index (χ1n) is 5.06. The van der Waals surface area contributed by atoms with E-state index in [1.54, 1.807) is 6.20 Å². The van der Waals surface area contributed by atoms with Gasteiger partial charge in [-0.2, -0.15) is 0 Å². The predicted octanol–water partition coefficient (Wildman–Crippen LogP) is 2.48. The monoisotopic (exact) mass is 247 g/mol. The van der Waals surface area contributed by atoms with E-state index in [9.17, 15) is 4.79 Å². The quantitative estimate of drug-likeness (QED) is 0.653. The fourth-order valence-electron chi connectivity index (χ4n) is 1.75. The summed E-state index contributed by atoms with van der Waals surface area (Å²) in [5, 5.41) is 3.73. The van der Waals surface area contributed by atoms with Crippen LogP contribution >= 0.6 is 11.3 Å². The second kappa shape index (κ2) is 3.53. The fraction of sp³-hybridized carbons (Fsp3) is 0.182. The van der Waals surface area contributed by atoms with Crippen molar-refractivity contribution in [3.63, 3.8) is 0 Å². The second-order valence-corrected chi connectivity index (χ2v) is 4.75. The van der Waals surface area contributed by atoms with Crippen molar-refractivity contribution < 1.29 is 9.32 Å². The van der Waals surface area contributed by atoms with Gasteiger partial charge >= 0.3 is 0 Å². The van der Waals surface area contributed by atoms with Crippen molar-refractivity contribution in [3.05, 3.63) is 28.7 Å². The van der Waals surface area contributed by atoms with Crippen LogP contribution in [-0.4, -0.2) is 20.8 Å². The van der Waals surface area contributed by atoms with Crippen LogP contribution in [0.4, 0.5) is 0 Å². The van der Waals surface area contributed by atoms with E-state index in [2.05, 4.69) is 10.1 Å². The molecule has 0 fully saturated rings. The molecule has 86 valence electrons. The summed E-state index contributed by atoms with van der Waals surface area (Å²) in [6.07, 6.45) is 4.41. The molecule has 6 heteroatoms. The zero-order chi connectivity index (χ0) is 12.0. The zero-order valence-corrected chi connectivity index (χ0v) is 10.1. The van der Waals surface area contributed by atoms with Gasteiger partial charge in [-0.15, -0.1) is 0 Å². The molecule has 0 aromatic carbocycles. The molecule has 5 nitrogen and oxygen atoms in total. The normalized spacial score (nSPS) is 11.2. The van der Waals surface area contributed by atoms with Crippen molar-refractivity contribution in [2.24, 2.45) is 0 Å². The number of thiazole rings is 1. The summed E-state index contributed by atoms with van der Waals surface area (Å²) in [6, 6.07) is 0. The Morgan fingerprint density at radius 2 is 2.29 bits per heavy atom. The highest BCUT2D eigenvalue weighted by Crippen LogP contribution is 2.27. The molecule has 0 bridgehead atoms. The number of aryl methyl sites for hydroxylation is 2.